The maximum absolute atomic E-state index is 12.7. The maximum atomic E-state index is 12.7. The van der Waals surface area contributed by atoms with Crippen molar-refractivity contribution >= 4 is 17.5 Å². The van der Waals surface area contributed by atoms with Gasteiger partial charge in [-0.3, -0.25) is 4.79 Å². The van der Waals surface area contributed by atoms with Crippen LogP contribution in [0.1, 0.15) is 37.4 Å². The summed E-state index contributed by atoms with van der Waals surface area (Å²) in [5.41, 5.74) is 1.86. The van der Waals surface area contributed by atoms with Crippen molar-refractivity contribution in [3.05, 3.63) is 52.5 Å². The van der Waals surface area contributed by atoms with Crippen molar-refractivity contribution in [2.45, 2.75) is 39.3 Å². The zero-order valence-corrected chi connectivity index (χ0v) is 16.5. The highest BCUT2D eigenvalue weighted by Gasteiger charge is 2.22. The number of hydrogen-bond donors (Lipinski definition) is 1. The maximum Gasteiger partial charge on any atom is 0.261 e. The Morgan fingerprint density at radius 2 is 1.93 bits per heavy atom. The Bertz CT molecular complexity index is 824. The quantitative estimate of drug-likeness (QED) is 0.792. The molecule has 0 unspecified atom stereocenters. The molecule has 144 valence electrons. The van der Waals surface area contributed by atoms with E-state index in [9.17, 15) is 4.79 Å². The number of carbonyl (C=O) groups excluding carboxylic acids is 1. The Hall–Kier alpha value is -2.40. The summed E-state index contributed by atoms with van der Waals surface area (Å²) in [6.07, 6.45) is -0.0216. The summed E-state index contributed by atoms with van der Waals surface area (Å²) < 4.78 is 17.0. The van der Waals surface area contributed by atoms with E-state index in [-0.39, 0.29) is 11.9 Å². The molecule has 1 heterocycles. The van der Waals surface area contributed by atoms with E-state index in [1.54, 1.807) is 12.1 Å². The zero-order valence-electron chi connectivity index (χ0n) is 15.8. The van der Waals surface area contributed by atoms with Crippen LogP contribution in [0.25, 0.3) is 0 Å². The van der Waals surface area contributed by atoms with Gasteiger partial charge in [0, 0.05) is 5.02 Å². The lowest BCUT2D eigenvalue weighted by Gasteiger charge is -2.23. The largest absolute Gasteiger partial charge is 0.486 e. The second kappa shape index (κ2) is 8.53. The smallest absolute Gasteiger partial charge is 0.261 e. The van der Waals surface area contributed by atoms with E-state index < -0.39 is 6.10 Å². The van der Waals surface area contributed by atoms with Crippen LogP contribution in [0.3, 0.4) is 0 Å². The molecule has 6 heteroatoms. The lowest BCUT2D eigenvalue weighted by Crippen LogP contribution is -2.39. The van der Waals surface area contributed by atoms with Crippen LogP contribution in [0.2, 0.25) is 5.02 Å². The molecule has 0 radical (unpaired) electrons. The Kier molecular flexibility index (Phi) is 6.11. The number of carbonyl (C=O) groups is 1. The fourth-order valence-corrected chi connectivity index (χ4v) is 3.01. The molecule has 1 aliphatic rings. The van der Waals surface area contributed by atoms with Gasteiger partial charge in [0.05, 0.1) is 6.04 Å². The van der Waals surface area contributed by atoms with E-state index in [2.05, 4.69) is 5.32 Å². The number of ether oxygens (including phenoxy) is 3. The normalized spacial score (nSPS) is 15.0. The van der Waals surface area contributed by atoms with Crippen LogP contribution in [0.15, 0.2) is 36.4 Å². The monoisotopic (exact) mass is 389 g/mol. The van der Waals surface area contributed by atoms with Gasteiger partial charge in [-0.2, -0.15) is 0 Å². The first-order valence-corrected chi connectivity index (χ1v) is 9.48. The summed E-state index contributed by atoms with van der Waals surface area (Å²) in [6, 6.07) is 10.9. The molecule has 1 amide bonds. The van der Waals surface area contributed by atoms with Gasteiger partial charge in [-0.05, 0) is 61.7 Å². The van der Waals surface area contributed by atoms with Crippen LogP contribution in [-0.2, 0) is 4.79 Å². The topological polar surface area (TPSA) is 56.8 Å². The third-order valence-corrected chi connectivity index (χ3v) is 4.92. The number of rotatable bonds is 6. The molecule has 0 spiro atoms. The van der Waals surface area contributed by atoms with E-state index in [0.717, 1.165) is 16.9 Å². The van der Waals surface area contributed by atoms with E-state index in [1.807, 2.05) is 45.0 Å². The third-order valence-electron chi connectivity index (χ3n) is 4.50. The van der Waals surface area contributed by atoms with E-state index in [0.29, 0.717) is 36.2 Å². The fraction of sp³-hybridized carbons (Fsp3) is 0.381. The predicted molar refractivity (Wildman–Crippen MR) is 105 cm³/mol. The summed E-state index contributed by atoms with van der Waals surface area (Å²) in [5.74, 6) is 1.91. The molecule has 0 bridgehead atoms. The van der Waals surface area contributed by atoms with Crippen molar-refractivity contribution in [3.8, 4) is 17.2 Å². The molecule has 2 aromatic rings. The first-order valence-electron chi connectivity index (χ1n) is 9.10. The summed E-state index contributed by atoms with van der Waals surface area (Å²) in [5, 5.41) is 3.69. The van der Waals surface area contributed by atoms with Gasteiger partial charge < -0.3 is 19.5 Å². The minimum atomic E-state index is -0.578. The molecular formula is C21H24ClNO4. The molecule has 0 aromatic heterocycles. The summed E-state index contributed by atoms with van der Waals surface area (Å²) >= 11 is 6.05. The fourth-order valence-electron chi connectivity index (χ4n) is 2.90. The van der Waals surface area contributed by atoms with Crippen molar-refractivity contribution in [2.24, 2.45) is 0 Å². The van der Waals surface area contributed by atoms with Gasteiger partial charge in [0.15, 0.2) is 17.6 Å². The summed E-state index contributed by atoms with van der Waals surface area (Å²) in [4.78, 5) is 12.7. The lowest BCUT2D eigenvalue weighted by atomic mass is 10.1. The Morgan fingerprint density at radius 1 is 1.19 bits per heavy atom. The number of fused-ring (bicyclic) bond motifs is 1. The van der Waals surface area contributed by atoms with Gasteiger partial charge in [-0.1, -0.05) is 24.6 Å². The third kappa shape index (κ3) is 4.66. The molecule has 2 atom stereocenters. The minimum Gasteiger partial charge on any atom is -0.486 e. The number of benzene rings is 2. The number of halogens is 1. The molecule has 1 N–H and O–H groups in total. The molecule has 0 aliphatic carbocycles. The summed E-state index contributed by atoms with van der Waals surface area (Å²) in [7, 11) is 0. The van der Waals surface area contributed by atoms with Gasteiger partial charge in [-0.25, -0.2) is 0 Å². The Morgan fingerprint density at radius 3 is 2.63 bits per heavy atom. The lowest BCUT2D eigenvalue weighted by molar-refractivity contribution is -0.128. The van der Waals surface area contributed by atoms with E-state index in [1.165, 1.54) is 0 Å². The molecule has 3 rings (SSSR count). The van der Waals surface area contributed by atoms with Gasteiger partial charge in [0.25, 0.3) is 5.91 Å². The number of nitrogens with one attached hydrogen (secondary N) is 1. The Labute approximate surface area is 164 Å². The van der Waals surface area contributed by atoms with Gasteiger partial charge >= 0.3 is 0 Å². The molecule has 1 aliphatic heterocycles. The second-order valence-corrected chi connectivity index (χ2v) is 6.97. The van der Waals surface area contributed by atoms with Crippen LogP contribution in [0.5, 0.6) is 17.2 Å². The molecule has 27 heavy (non-hydrogen) atoms. The predicted octanol–water partition coefficient (Wildman–Crippen LogP) is 4.45. The second-order valence-electron chi connectivity index (χ2n) is 6.56. The highest BCUT2D eigenvalue weighted by Crippen LogP contribution is 2.32. The first-order chi connectivity index (χ1) is 13.0. The van der Waals surface area contributed by atoms with Gasteiger partial charge in [-0.15, -0.1) is 0 Å². The van der Waals surface area contributed by atoms with E-state index >= 15 is 0 Å². The van der Waals surface area contributed by atoms with E-state index in [4.69, 9.17) is 25.8 Å². The van der Waals surface area contributed by atoms with Crippen LogP contribution in [-0.4, -0.2) is 25.2 Å². The molecule has 0 saturated heterocycles. The van der Waals surface area contributed by atoms with Crippen LogP contribution in [0, 0.1) is 6.92 Å². The average Bonchev–Trinajstić information content (AvgIpc) is 2.68. The van der Waals surface area contributed by atoms with Crippen LogP contribution >= 0.6 is 11.6 Å². The van der Waals surface area contributed by atoms with Gasteiger partial charge in [0.2, 0.25) is 0 Å². The zero-order chi connectivity index (χ0) is 19.4. The molecule has 0 fully saturated rings. The van der Waals surface area contributed by atoms with Crippen LogP contribution < -0.4 is 19.5 Å². The van der Waals surface area contributed by atoms with Crippen molar-refractivity contribution in [1.82, 2.24) is 5.32 Å². The number of amides is 1. The van der Waals surface area contributed by atoms with Gasteiger partial charge in [0.1, 0.15) is 19.0 Å². The van der Waals surface area contributed by atoms with Crippen molar-refractivity contribution in [2.75, 3.05) is 13.2 Å². The van der Waals surface area contributed by atoms with Crippen molar-refractivity contribution < 1.29 is 19.0 Å². The highest BCUT2D eigenvalue weighted by molar-refractivity contribution is 6.31. The van der Waals surface area contributed by atoms with Crippen molar-refractivity contribution in [1.29, 1.82) is 0 Å². The SMILES string of the molecule is CC[C@H](Oc1ccc(Cl)c(C)c1)C(=O)N[C@H](C)c1ccc2c(c1)OCCO2. The molecular weight excluding hydrogens is 366 g/mol. The molecule has 0 saturated carbocycles. The van der Waals surface area contributed by atoms with Crippen molar-refractivity contribution in [3.63, 3.8) is 0 Å². The molecule has 2 aromatic carbocycles. The standard InChI is InChI=1S/C21H24ClNO4/c1-4-18(27-16-6-7-17(22)13(2)11-16)21(24)23-14(3)15-5-8-19-20(12-15)26-10-9-25-19/h5-8,11-12,14,18H,4,9-10H2,1-3H3,(H,23,24)/t14-,18+/m1/s1. The highest BCUT2D eigenvalue weighted by atomic mass is 35.5. The molecule has 5 nitrogen and oxygen atoms in total. The number of aryl methyl sites for hydroxylation is 1. The number of hydrogen-bond acceptors (Lipinski definition) is 4. The average molecular weight is 390 g/mol. The first kappa shape index (κ1) is 19.4. The van der Waals surface area contributed by atoms with Crippen LogP contribution in [0.4, 0.5) is 0 Å². The summed E-state index contributed by atoms with van der Waals surface area (Å²) in [6.45, 7) is 6.84. The Balaban J connectivity index is 1.66. The minimum absolute atomic E-state index is 0.160.